The van der Waals surface area contributed by atoms with E-state index in [1.54, 1.807) is 16.2 Å². The predicted molar refractivity (Wildman–Crippen MR) is 142 cm³/mol. The molecule has 0 saturated carbocycles. The van der Waals surface area contributed by atoms with Crippen molar-refractivity contribution in [1.82, 2.24) is 4.98 Å². The lowest BCUT2D eigenvalue weighted by molar-refractivity contribution is -0.135. The zero-order chi connectivity index (χ0) is 23.9. The molecule has 1 aromatic heterocycles. The highest BCUT2D eigenvalue weighted by molar-refractivity contribution is 7.21. The fourth-order valence-corrected chi connectivity index (χ4v) is 5.47. The summed E-state index contributed by atoms with van der Waals surface area (Å²) >= 11 is 7.78. The minimum atomic E-state index is -0.620. The highest BCUT2D eigenvalue weighted by Gasteiger charge is 2.51. The van der Waals surface area contributed by atoms with Crippen LogP contribution in [0, 0.1) is 6.92 Å². The maximum absolute atomic E-state index is 13.3. The summed E-state index contributed by atoms with van der Waals surface area (Å²) in [5.74, 6) is 0.583. The summed E-state index contributed by atoms with van der Waals surface area (Å²) in [6, 6.07) is 31.2. The van der Waals surface area contributed by atoms with Crippen molar-refractivity contribution < 1.29 is 9.53 Å². The van der Waals surface area contributed by atoms with Gasteiger partial charge < -0.3 is 4.74 Å². The van der Waals surface area contributed by atoms with Gasteiger partial charge in [-0.05, 0) is 73.2 Å². The Morgan fingerprint density at radius 2 is 1.60 bits per heavy atom. The number of nitrogens with zero attached hydrogens (tertiary/aromatic N) is 2. The molecule has 5 aromatic rings. The Kier molecular flexibility index (Phi) is 5.51. The molecule has 1 saturated heterocycles. The molecule has 0 N–H and O–H groups in total. The fourth-order valence-electron chi connectivity index (χ4n) is 4.37. The van der Waals surface area contributed by atoms with E-state index < -0.39 is 6.10 Å². The summed E-state index contributed by atoms with van der Waals surface area (Å²) in [6.07, 6.45) is -0.620. The molecule has 2 heterocycles. The molecule has 6 heteroatoms. The molecule has 172 valence electrons. The van der Waals surface area contributed by atoms with Crippen molar-refractivity contribution in [3.8, 4) is 16.3 Å². The van der Waals surface area contributed by atoms with Gasteiger partial charge in [0, 0.05) is 16.3 Å². The monoisotopic (exact) mass is 496 g/mol. The Morgan fingerprint density at radius 1 is 0.886 bits per heavy atom. The van der Waals surface area contributed by atoms with Crippen LogP contribution in [0.3, 0.4) is 0 Å². The van der Waals surface area contributed by atoms with Crippen molar-refractivity contribution in [1.29, 1.82) is 0 Å². The number of para-hydroxylation sites is 1. The number of carbonyl (C=O) groups excluding carboxylic acids is 1. The van der Waals surface area contributed by atoms with Gasteiger partial charge in [-0.1, -0.05) is 53.6 Å². The van der Waals surface area contributed by atoms with Crippen molar-refractivity contribution >= 4 is 44.7 Å². The lowest BCUT2D eigenvalue weighted by Crippen LogP contribution is -2.61. The van der Waals surface area contributed by atoms with Crippen LogP contribution >= 0.6 is 22.9 Å². The van der Waals surface area contributed by atoms with Crippen LogP contribution in [0.5, 0.6) is 5.75 Å². The summed E-state index contributed by atoms with van der Waals surface area (Å²) < 4.78 is 7.40. The van der Waals surface area contributed by atoms with E-state index in [4.69, 9.17) is 21.3 Å². The first-order chi connectivity index (χ1) is 17.1. The number of hydrogen-bond donors (Lipinski definition) is 0. The number of halogens is 1. The molecule has 0 unspecified atom stereocenters. The van der Waals surface area contributed by atoms with E-state index in [1.807, 2.05) is 97.9 Å². The quantitative estimate of drug-likeness (QED) is 0.237. The van der Waals surface area contributed by atoms with Gasteiger partial charge in [0.15, 0.2) is 0 Å². The first-order valence-corrected chi connectivity index (χ1v) is 12.5. The minimum absolute atomic E-state index is 0.0657. The summed E-state index contributed by atoms with van der Waals surface area (Å²) in [4.78, 5) is 19.8. The van der Waals surface area contributed by atoms with Crippen molar-refractivity contribution in [3.05, 3.63) is 113 Å². The zero-order valence-corrected chi connectivity index (χ0v) is 20.5. The van der Waals surface area contributed by atoms with Crippen LogP contribution in [0.4, 0.5) is 5.69 Å². The smallest absolute Gasteiger partial charge is 0.271 e. The van der Waals surface area contributed by atoms with Crippen LogP contribution in [-0.4, -0.2) is 17.0 Å². The number of ether oxygens (including phenoxy) is 1. The van der Waals surface area contributed by atoms with Crippen molar-refractivity contribution in [2.75, 3.05) is 4.90 Å². The molecule has 35 heavy (non-hydrogen) atoms. The number of benzene rings is 4. The van der Waals surface area contributed by atoms with Crippen molar-refractivity contribution in [2.24, 2.45) is 0 Å². The second-order valence-electron chi connectivity index (χ2n) is 8.59. The van der Waals surface area contributed by atoms with Gasteiger partial charge in [0.05, 0.1) is 10.2 Å². The molecule has 6 rings (SSSR count). The number of anilines is 1. The van der Waals surface area contributed by atoms with Gasteiger partial charge in [-0.3, -0.25) is 9.69 Å². The largest absolute Gasteiger partial charge is 0.478 e. The molecular weight excluding hydrogens is 476 g/mol. The molecule has 1 aliphatic rings. The summed E-state index contributed by atoms with van der Waals surface area (Å²) in [5.41, 5.74) is 4.99. The number of fused-ring (bicyclic) bond motifs is 1. The van der Waals surface area contributed by atoms with Gasteiger partial charge in [-0.25, -0.2) is 4.98 Å². The van der Waals surface area contributed by atoms with E-state index in [1.165, 1.54) is 0 Å². The van der Waals surface area contributed by atoms with Crippen molar-refractivity contribution in [2.45, 2.75) is 19.1 Å². The third-order valence-electron chi connectivity index (χ3n) is 6.23. The van der Waals surface area contributed by atoms with Crippen molar-refractivity contribution in [3.63, 3.8) is 0 Å². The van der Waals surface area contributed by atoms with E-state index >= 15 is 0 Å². The Morgan fingerprint density at radius 3 is 2.31 bits per heavy atom. The topological polar surface area (TPSA) is 42.4 Å². The van der Waals surface area contributed by atoms with E-state index in [-0.39, 0.29) is 11.9 Å². The van der Waals surface area contributed by atoms with Crippen LogP contribution in [0.25, 0.3) is 20.8 Å². The third kappa shape index (κ3) is 4.07. The molecule has 0 radical (unpaired) electrons. The number of hydrogen-bond acceptors (Lipinski definition) is 4. The second-order valence-corrected chi connectivity index (χ2v) is 10.1. The van der Waals surface area contributed by atoms with E-state index in [9.17, 15) is 4.79 Å². The van der Waals surface area contributed by atoms with Gasteiger partial charge in [-0.15, -0.1) is 11.3 Å². The lowest BCUT2D eigenvalue weighted by Gasteiger charge is -2.46. The first kappa shape index (κ1) is 21.8. The third-order valence-corrected chi connectivity index (χ3v) is 7.57. The second kappa shape index (κ2) is 8.84. The maximum Gasteiger partial charge on any atom is 0.271 e. The SMILES string of the molecule is Cc1ccc(N2C(=O)[C@H](Oc3ccc(-c4nc5ccccc5s4)cc3)[C@@H]2c2ccc(Cl)cc2)cc1. The van der Waals surface area contributed by atoms with Gasteiger partial charge >= 0.3 is 0 Å². The highest BCUT2D eigenvalue weighted by atomic mass is 35.5. The number of carbonyl (C=O) groups is 1. The Hall–Kier alpha value is -3.67. The fraction of sp³-hybridized carbons (Fsp3) is 0.103. The predicted octanol–water partition coefficient (Wildman–Crippen LogP) is 7.46. The molecule has 0 aliphatic carbocycles. The average molecular weight is 497 g/mol. The molecule has 4 aromatic carbocycles. The van der Waals surface area contributed by atoms with Gasteiger partial charge in [0.25, 0.3) is 5.91 Å². The number of aryl methyl sites for hydroxylation is 1. The molecule has 1 aliphatic heterocycles. The maximum atomic E-state index is 13.3. The van der Waals surface area contributed by atoms with Gasteiger partial charge in [0.1, 0.15) is 16.8 Å². The van der Waals surface area contributed by atoms with E-state index in [0.29, 0.717) is 10.8 Å². The highest BCUT2D eigenvalue weighted by Crippen LogP contribution is 2.42. The molecule has 1 amide bonds. The zero-order valence-electron chi connectivity index (χ0n) is 18.9. The van der Waals surface area contributed by atoms with Gasteiger partial charge in [0.2, 0.25) is 6.10 Å². The standard InChI is InChI=1S/C29H21ClN2O2S/c1-18-6-14-22(15-7-18)32-26(19-8-12-21(30)13-9-19)27(29(32)33)34-23-16-10-20(11-17-23)28-31-24-4-2-3-5-25(24)35-28/h2-17,26-27H,1H3/t26-,27+/m0/s1. The number of aromatic nitrogens is 1. The first-order valence-electron chi connectivity index (χ1n) is 11.3. The Balaban J connectivity index is 1.27. The average Bonchev–Trinajstić information content (AvgIpc) is 3.32. The lowest BCUT2D eigenvalue weighted by atomic mass is 9.89. The summed E-state index contributed by atoms with van der Waals surface area (Å²) in [5, 5.41) is 1.62. The molecule has 0 spiro atoms. The Labute approximate surface area is 212 Å². The molecular formula is C29H21ClN2O2S. The summed E-state index contributed by atoms with van der Waals surface area (Å²) in [7, 11) is 0. The van der Waals surface area contributed by atoms with Crippen LogP contribution in [0.2, 0.25) is 5.02 Å². The van der Waals surface area contributed by atoms with Crippen LogP contribution in [0.1, 0.15) is 17.2 Å². The summed E-state index contributed by atoms with van der Waals surface area (Å²) in [6.45, 7) is 2.03. The van der Waals surface area contributed by atoms with E-state index in [2.05, 4.69) is 6.07 Å². The minimum Gasteiger partial charge on any atom is -0.478 e. The van der Waals surface area contributed by atoms with Gasteiger partial charge in [-0.2, -0.15) is 0 Å². The molecule has 2 atom stereocenters. The van der Waals surface area contributed by atoms with Crippen LogP contribution in [-0.2, 0) is 4.79 Å². The number of β-lactam (4-membered cyclic amide) rings is 1. The van der Waals surface area contributed by atoms with Crippen LogP contribution < -0.4 is 9.64 Å². The van der Waals surface area contributed by atoms with E-state index in [0.717, 1.165) is 37.6 Å². The molecule has 4 nitrogen and oxygen atoms in total. The normalized spacial score (nSPS) is 17.4. The van der Waals surface area contributed by atoms with Crippen LogP contribution in [0.15, 0.2) is 97.1 Å². The molecule has 1 fully saturated rings. The number of thiazole rings is 1. The molecule has 0 bridgehead atoms. The number of amides is 1. The Bertz CT molecular complexity index is 1480. The number of rotatable bonds is 5.